The number of aliphatic carboxylic acids is 1. The van der Waals surface area contributed by atoms with Gasteiger partial charge in [0.15, 0.2) is 6.04 Å². The summed E-state index contributed by atoms with van der Waals surface area (Å²) in [6.45, 7) is -0.943. The van der Waals surface area contributed by atoms with Gasteiger partial charge in [-0.15, -0.1) is 0 Å². The molecule has 0 fully saturated rings. The summed E-state index contributed by atoms with van der Waals surface area (Å²) in [5, 5.41) is 15.8. The minimum Gasteiger partial charge on any atom is -0.480 e. The van der Waals surface area contributed by atoms with Crippen LogP contribution in [0, 0.1) is 0 Å². The quantitative estimate of drug-likeness (QED) is 0.416. The lowest BCUT2D eigenvalue weighted by molar-refractivity contribution is -0.143. The Morgan fingerprint density at radius 2 is 1.48 bits per heavy atom. The molecule has 0 saturated carbocycles. The molecule has 1 atom stereocenters. The SMILES string of the molecule is COC[C@H](NC(=O)CNC(=O)CNC(=O)OCC1c2ccccc2-c2ccccc21)C(=O)O. The number of alkyl carbamates (subject to hydrolysis) is 1. The zero-order chi connectivity index (χ0) is 23.8. The average molecular weight is 455 g/mol. The Bertz CT molecular complexity index is 995. The number of nitrogens with one attached hydrogen (secondary N) is 3. The van der Waals surface area contributed by atoms with Gasteiger partial charge in [0.05, 0.1) is 13.2 Å². The molecule has 4 N–H and O–H groups in total. The van der Waals surface area contributed by atoms with Gasteiger partial charge in [-0.2, -0.15) is 0 Å². The molecule has 0 spiro atoms. The van der Waals surface area contributed by atoms with Crippen LogP contribution in [0.5, 0.6) is 0 Å². The lowest BCUT2D eigenvalue weighted by Crippen LogP contribution is -2.48. The number of amides is 3. The van der Waals surface area contributed by atoms with Gasteiger partial charge in [0, 0.05) is 13.0 Å². The van der Waals surface area contributed by atoms with Crippen molar-refractivity contribution in [3.05, 3.63) is 59.7 Å². The molecule has 3 rings (SSSR count). The van der Waals surface area contributed by atoms with Crippen molar-refractivity contribution >= 4 is 23.9 Å². The van der Waals surface area contributed by atoms with Crippen molar-refractivity contribution in [2.24, 2.45) is 0 Å². The first-order valence-corrected chi connectivity index (χ1v) is 10.3. The minimum absolute atomic E-state index is 0.102. The van der Waals surface area contributed by atoms with E-state index in [1.54, 1.807) is 0 Å². The monoisotopic (exact) mass is 455 g/mol. The van der Waals surface area contributed by atoms with Gasteiger partial charge in [-0.25, -0.2) is 9.59 Å². The molecule has 0 radical (unpaired) electrons. The summed E-state index contributed by atoms with van der Waals surface area (Å²) in [5.41, 5.74) is 4.36. The summed E-state index contributed by atoms with van der Waals surface area (Å²) in [7, 11) is 1.30. The van der Waals surface area contributed by atoms with E-state index in [4.69, 9.17) is 14.6 Å². The van der Waals surface area contributed by atoms with Gasteiger partial charge in [0.25, 0.3) is 0 Å². The van der Waals surface area contributed by atoms with E-state index in [1.807, 2.05) is 48.5 Å². The predicted octanol–water partition coefficient (Wildman–Crippen LogP) is 0.857. The zero-order valence-electron chi connectivity index (χ0n) is 18.0. The average Bonchev–Trinajstić information content (AvgIpc) is 3.13. The summed E-state index contributed by atoms with van der Waals surface area (Å²) < 4.78 is 10.0. The van der Waals surface area contributed by atoms with E-state index in [0.717, 1.165) is 22.3 Å². The Morgan fingerprint density at radius 3 is 2.06 bits per heavy atom. The lowest BCUT2D eigenvalue weighted by atomic mass is 9.98. The highest BCUT2D eigenvalue weighted by Crippen LogP contribution is 2.44. The number of benzene rings is 2. The molecule has 1 aliphatic rings. The van der Waals surface area contributed by atoms with E-state index in [-0.39, 0.29) is 19.1 Å². The molecule has 0 aliphatic heterocycles. The summed E-state index contributed by atoms with van der Waals surface area (Å²) in [4.78, 5) is 46.7. The molecule has 0 unspecified atom stereocenters. The number of fused-ring (bicyclic) bond motifs is 3. The lowest BCUT2D eigenvalue weighted by Gasteiger charge is -2.15. The van der Waals surface area contributed by atoms with E-state index in [2.05, 4.69) is 16.0 Å². The number of hydrogen-bond acceptors (Lipinski definition) is 6. The van der Waals surface area contributed by atoms with Gasteiger partial charge in [0.2, 0.25) is 11.8 Å². The molecule has 10 heteroatoms. The van der Waals surface area contributed by atoms with Gasteiger partial charge in [-0.1, -0.05) is 48.5 Å². The second-order valence-corrected chi connectivity index (χ2v) is 7.37. The first-order valence-electron chi connectivity index (χ1n) is 10.3. The summed E-state index contributed by atoms with van der Waals surface area (Å²) in [6, 6.07) is 14.6. The molecule has 10 nitrogen and oxygen atoms in total. The van der Waals surface area contributed by atoms with Crippen molar-refractivity contribution in [3.63, 3.8) is 0 Å². The zero-order valence-corrected chi connectivity index (χ0v) is 18.0. The molecular weight excluding hydrogens is 430 g/mol. The van der Waals surface area contributed by atoms with Crippen LogP contribution in [0.15, 0.2) is 48.5 Å². The molecular formula is C23H25N3O7. The Balaban J connectivity index is 1.42. The number of hydrogen-bond donors (Lipinski definition) is 4. The van der Waals surface area contributed by atoms with Crippen LogP contribution in [0.3, 0.4) is 0 Å². The van der Waals surface area contributed by atoms with Gasteiger partial charge in [-0.3, -0.25) is 9.59 Å². The number of carbonyl (C=O) groups is 4. The predicted molar refractivity (Wildman–Crippen MR) is 118 cm³/mol. The molecule has 2 aromatic rings. The van der Waals surface area contributed by atoms with Gasteiger partial charge in [-0.05, 0) is 22.3 Å². The summed E-state index contributed by atoms with van der Waals surface area (Å²) in [6.07, 6.45) is -0.762. The smallest absolute Gasteiger partial charge is 0.407 e. The van der Waals surface area contributed by atoms with Crippen LogP contribution in [0.1, 0.15) is 17.0 Å². The summed E-state index contributed by atoms with van der Waals surface area (Å²) >= 11 is 0. The molecule has 174 valence electrons. The fourth-order valence-electron chi connectivity index (χ4n) is 3.63. The van der Waals surface area contributed by atoms with Gasteiger partial charge < -0.3 is 30.5 Å². The van der Waals surface area contributed by atoms with Crippen molar-refractivity contribution in [3.8, 4) is 11.1 Å². The van der Waals surface area contributed by atoms with Crippen molar-refractivity contribution in [2.75, 3.05) is 33.4 Å². The molecule has 0 bridgehead atoms. The van der Waals surface area contributed by atoms with Crippen LogP contribution < -0.4 is 16.0 Å². The van der Waals surface area contributed by atoms with Crippen molar-refractivity contribution in [1.82, 2.24) is 16.0 Å². The van der Waals surface area contributed by atoms with Gasteiger partial charge in [0.1, 0.15) is 13.2 Å². The number of carboxylic acid groups (broad SMARTS) is 1. The number of rotatable bonds is 10. The third-order valence-corrected chi connectivity index (χ3v) is 5.15. The first kappa shape index (κ1) is 23.7. The molecule has 0 heterocycles. The highest BCUT2D eigenvalue weighted by molar-refractivity contribution is 5.89. The van der Waals surface area contributed by atoms with E-state index < -0.39 is 43.0 Å². The first-order chi connectivity index (χ1) is 15.9. The van der Waals surface area contributed by atoms with E-state index in [1.165, 1.54) is 7.11 Å². The van der Waals surface area contributed by atoms with E-state index in [9.17, 15) is 19.2 Å². The Hall–Kier alpha value is -3.92. The van der Waals surface area contributed by atoms with Crippen molar-refractivity contribution in [1.29, 1.82) is 0 Å². The van der Waals surface area contributed by atoms with Crippen LogP contribution in [-0.2, 0) is 23.9 Å². The standard InChI is InChI=1S/C23H25N3O7/c1-32-13-19(22(29)30)26-21(28)11-24-20(27)10-25-23(31)33-12-18-16-8-4-2-6-14(16)15-7-3-5-9-17(15)18/h2-9,18-19H,10-13H2,1H3,(H,24,27)(H,25,31)(H,26,28)(H,29,30)/t19-/m0/s1. The van der Waals surface area contributed by atoms with Crippen LogP contribution in [0.4, 0.5) is 4.79 Å². The van der Waals surface area contributed by atoms with Crippen LogP contribution >= 0.6 is 0 Å². The number of ether oxygens (including phenoxy) is 2. The molecule has 2 aromatic carbocycles. The Labute approximate surface area is 190 Å². The minimum atomic E-state index is -1.26. The fraction of sp³-hybridized carbons (Fsp3) is 0.304. The number of methoxy groups -OCH3 is 1. The van der Waals surface area contributed by atoms with Gasteiger partial charge >= 0.3 is 12.1 Å². The third kappa shape index (κ3) is 6.07. The number of carboxylic acids is 1. The Morgan fingerprint density at radius 1 is 0.909 bits per heavy atom. The molecule has 33 heavy (non-hydrogen) atoms. The largest absolute Gasteiger partial charge is 0.480 e. The van der Waals surface area contributed by atoms with Crippen molar-refractivity contribution in [2.45, 2.75) is 12.0 Å². The number of carbonyl (C=O) groups excluding carboxylic acids is 3. The second-order valence-electron chi connectivity index (χ2n) is 7.37. The topological polar surface area (TPSA) is 143 Å². The van der Waals surface area contributed by atoms with Crippen molar-refractivity contribution < 1.29 is 33.8 Å². The Kier molecular flexibility index (Phi) is 7.98. The maximum Gasteiger partial charge on any atom is 0.407 e. The highest BCUT2D eigenvalue weighted by Gasteiger charge is 2.29. The molecule has 0 saturated heterocycles. The molecule has 0 aromatic heterocycles. The molecule has 3 amide bonds. The second kappa shape index (κ2) is 11.1. The highest BCUT2D eigenvalue weighted by atomic mass is 16.5. The van der Waals surface area contributed by atoms with E-state index >= 15 is 0 Å². The van der Waals surface area contributed by atoms with Crippen LogP contribution in [-0.4, -0.2) is 68.4 Å². The van der Waals surface area contributed by atoms with Crippen LogP contribution in [0.2, 0.25) is 0 Å². The van der Waals surface area contributed by atoms with Crippen LogP contribution in [0.25, 0.3) is 11.1 Å². The normalized spacial score (nSPS) is 12.8. The summed E-state index contributed by atoms with van der Waals surface area (Å²) in [5.74, 6) is -2.69. The maximum atomic E-state index is 12.1. The molecule has 1 aliphatic carbocycles. The third-order valence-electron chi connectivity index (χ3n) is 5.15. The maximum absolute atomic E-state index is 12.1. The van der Waals surface area contributed by atoms with E-state index in [0.29, 0.717) is 0 Å². The fourth-order valence-corrected chi connectivity index (χ4v) is 3.63.